The monoisotopic (exact) mass is 467 g/mol. The number of carbonyl (C=O) groups excluding carboxylic acids is 2. The van der Waals surface area contributed by atoms with Gasteiger partial charge in [-0.05, 0) is 48.7 Å². The molecule has 0 aliphatic heterocycles. The van der Waals surface area contributed by atoms with Crippen molar-refractivity contribution in [2.75, 3.05) is 27.4 Å². The smallest absolute Gasteiger partial charge is 0.306 e. The molecule has 0 heterocycles. The van der Waals surface area contributed by atoms with E-state index in [9.17, 15) is 9.59 Å². The first-order valence-electron chi connectivity index (χ1n) is 9.96. The van der Waals surface area contributed by atoms with Gasteiger partial charge in [-0.3, -0.25) is 9.59 Å². The molecule has 1 amide bonds. The molecule has 6 nitrogen and oxygen atoms in total. The molecule has 2 aromatic rings. The predicted molar refractivity (Wildman–Crippen MR) is 121 cm³/mol. The maximum Gasteiger partial charge on any atom is 0.306 e. The molecule has 8 heteroatoms. The van der Waals surface area contributed by atoms with Gasteiger partial charge in [-0.15, -0.1) is 0 Å². The van der Waals surface area contributed by atoms with Crippen LogP contribution in [0.5, 0.6) is 11.5 Å². The van der Waals surface area contributed by atoms with Crippen LogP contribution in [0, 0.1) is 0 Å². The number of halogens is 2. The lowest BCUT2D eigenvalue weighted by atomic mass is 10.1. The van der Waals surface area contributed by atoms with Crippen LogP contribution in [-0.2, 0) is 27.3 Å². The minimum absolute atomic E-state index is 0.0385. The average Bonchev–Trinajstić information content (AvgIpc) is 2.76. The molecule has 31 heavy (non-hydrogen) atoms. The summed E-state index contributed by atoms with van der Waals surface area (Å²) in [7, 11) is 3.13. The first-order valence-corrected chi connectivity index (χ1v) is 10.7. The van der Waals surface area contributed by atoms with Gasteiger partial charge in [0, 0.05) is 29.6 Å². The van der Waals surface area contributed by atoms with Gasteiger partial charge in [0.05, 0.1) is 27.2 Å². The molecular weight excluding hydrogens is 441 g/mol. The van der Waals surface area contributed by atoms with E-state index in [2.05, 4.69) is 0 Å². The molecular formula is C23H27Cl2NO5. The van der Waals surface area contributed by atoms with Crippen LogP contribution in [0.3, 0.4) is 0 Å². The Balaban J connectivity index is 2.16. The number of nitrogens with zero attached hydrogens (tertiary/aromatic N) is 1. The van der Waals surface area contributed by atoms with Crippen LogP contribution in [0.4, 0.5) is 0 Å². The summed E-state index contributed by atoms with van der Waals surface area (Å²) in [5.74, 6) is 0.662. The Bertz CT molecular complexity index is 904. The zero-order valence-corrected chi connectivity index (χ0v) is 19.5. The summed E-state index contributed by atoms with van der Waals surface area (Å²) in [5, 5.41) is 1.11. The van der Waals surface area contributed by atoms with Crippen molar-refractivity contribution in [2.45, 2.75) is 32.7 Å². The first kappa shape index (κ1) is 24.8. The lowest BCUT2D eigenvalue weighted by molar-refractivity contribution is -0.145. The Morgan fingerprint density at radius 2 is 1.71 bits per heavy atom. The summed E-state index contributed by atoms with van der Waals surface area (Å²) in [4.78, 5) is 26.3. The highest BCUT2D eigenvalue weighted by Crippen LogP contribution is 2.28. The van der Waals surface area contributed by atoms with Gasteiger partial charge in [-0.1, -0.05) is 35.3 Å². The third-order valence-corrected chi connectivity index (χ3v) is 5.28. The molecule has 0 aromatic heterocycles. The van der Waals surface area contributed by atoms with Crippen molar-refractivity contribution in [1.29, 1.82) is 0 Å². The fourth-order valence-electron chi connectivity index (χ4n) is 3.07. The van der Waals surface area contributed by atoms with Crippen LogP contribution >= 0.6 is 23.2 Å². The van der Waals surface area contributed by atoms with Crippen LogP contribution < -0.4 is 9.47 Å². The second kappa shape index (κ2) is 12.4. The molecule has 0 atom stereocenters. The van der Waals surface area contributed by atoms with E-state index in [-0.39, 0.29) is 31.3 Å². The molecule has 0 saturated heterocycles. The quantitative estimate of drug-likeness (QED) is 0.438. The highest BCUT2D eigenvalue weighted by molar-refractivity contribution is 6.35. The number of carbonyl (C=O) groups is 2. The van der Waals surface area contributed by atoms with E-state index in [0.29, 0.717) is 41.1 Å². The highest BCUT2D eigenvalue weighted by Gasteiger charge is 2.18. The maximum absolute atomic E-state index is 12.9. The van der Waals surface area contributed by atoms with E-state index in [1.807, 2.05) is 18.2 Å². The van der Waals surface area contributed by atoms with Gasteiger partial charge >= 0.3 is 5.97 Å². The summed E-state index contributed by atoms with van der Waals surface area (Å²) >= 11 is 12.3. The number of esters is 1. The van der Waals surface area contributed by atoms with Crippen molar-refractivity contribution in [3.8, 4) is 11.5 Å². The molecule has 0 aliphatic rings. The largest absolute Gasteiger partial charge is 0.493 e. The zero-order valence-electron chi connectivity index (χ0n) is 18.0. The minimum atomic E-state index is -0.386. The van der Waals surface area contributed by atoms with Crippen molar-refractivity contribution >= 4 is 35.1 Å². The van der Waals surface area contributed by atoms with Crippen molar-refractivity contribution in [3.05, 3.63) is 57.6 Å². The average molecular weight is 468 g/mol. The number of benzene rings is 2. The van der Waals surface area contributed by atoms with Gasteiger partial charge < -0.3 is 19.1 Å². The summed E-state index contributed by atoms with van der Waals surface area (Å²) in [6, 6.07) is 10.8. The SMILES string of the molecule is CCOC(=O)CCC(=O)N(CCc1ccc(Cl)cc1Cl)Cc1ccc(OC)c(OC)c1. The third kappa shape index (κ3) is 7.64. The Hall–Kier alpha value is -2.44. The number of amides is 1. The van der Waals surface area contributed by atoms with Gasteiger partial charge in [0.25, 0.3) is 0 Å². The molecule has 2 rings (SSSR count). The molecule has 0 bridgehead atoms. The highest BCUT2D eigenvalue weighted by atomic mass is 35.5. The van der Waals surface area contributed by atoms with E-state index in [1.165, 1.54) is 0 Å². The van der Waals surface area contributed by atoms with Crippen molar-refractivity contribution in [3.63, 3.8) is 0 Å². The normalized spacial score (nSPS) is 10.5. The summed E-state index contributed by atoms with van der Waals surface area (Å²) in [5.41, 5.74) is 1.77. The van der Waals surface area contributed by atoms with Gasteiger partial charge in [0.1, 0.15) is 0 Å². The molecule has 0 spiro atoms. The number of hydrogen-bond donors (Lipinski definition) is 0. The van der Waals surface area contributed by atoms with E-state index >= 15 is 0 Å². The van der Waals surface area contributed by atoms with E-state index in [0.717, 1.165) is 11.1 Å². The van der Waals surface area contributed by atoms with Crippen molar-refractivity contribution in [2.24, 2.45) is 0 Å². The van der Waals surface area contributed by atoms with Crippen molar-refractivity contribution < 1.29 is 23.8 Å². The number of rotatable bonds is 11. The van der Waals surface area contributed by atoms with Crippen LogP contribution in [-0.4, -0.2) is 44.1 Å². The molecule has 0 saturated carbocycles. The lowest BCUT2D eigenvalue weighted by Gasteiger charge is -2.24. The third-order valence-electron chi connectivity index (χ3n) is 4.69. The fraction of sp³-hybridized carbons (Fsp3) is 0.391. The van der Waals surface area contributed by atoms with Gasteiger partial charge in [0.15, 0.2) is 11.5 Å². The van der Waals surface area contributed by atoms with E-state index < -0.39 is 0 Å². The molecule has 0 unspecified atom stereocenters. The molecule has 0 radical (unpaired) electrons. The minimum Gasteiger partial charge on any atom is -0.493 e. The summed E-state index contributed by atoms with van der Waals surface area (Å²) < 4.78 is 15.6. The standard InChI is InChI=1S/C23H27Cl2NO5/c1-4-31-23(28)10-9-22(27)26(12-11-17-6-7-18(24)14-19(17)25)15-16-5-8-20(29-2)21(13-16)30-3/h5-8,13-14H,4,9-12,15H2,1-3H3. The molecule has 0 N–H and O–H groups in total. The van der Waals surface area contributed by atoms with Crippen LogP contribution in [0.2, 0.25) is 10.0 Å². The van der Waals surface area contributed by atoms with Gasteiger partial charge in [-0.25, -0.2) is 0 Å². The maximum atomic E-state index is 12.9. The lowest BCUT2D eigenvalue weighted by Crippen LogP contribution is -2.33. The molecule has 0 aliphatic carbocycles. The number of hydrogen-bond acceptors (Lipinski definition) is 5. The summed E-state index contributed by atoms with van der Waals surface area (Å²) in [6.07, 6.45) is 0.658. The second-order valence-electron chi connectivity index (χ2n) is 6.80. The van der Waals surface area contributed by atoms with Crippen LogP contribution in [0.25, 0.3) is 0 Å². The summed E-state index contributed by atoms with van der Waals surface area (Å²) in [6.45, 7) is 2.81. The number of ether oxygens (including phenoxy) is 3. The van der Waals surface area contributed by atoms with Gasteiger partial charge in [-0.2, -0.15) is 0 Å². The topological polar surface area (TPSA) is 65.1 Å². The van der Waals surface area contributed by atoms with Crippen molar-refractivity contribution in [1.82, 2.24) is 4.90 Å². The van der Waals surface area contributed by atoms with Crippen LogP contribution in [0.1, 0.15) is 30.9 Å². The fourth-order valence-corrected chi connectivity index (χ4v) is 3.57. The Labute approximate surface area is 193 Å². The zero-order chi connectivity index (χ0) is 22.8. The second-order valence-corrected chi connectivity index (χ2v) is 7.64. The molecule has 0 fully saturated rings. The predicted octanol–water partition coefficient (Wildman–Crippen LogP) is 4.93. The Morgan fingerprint density at radius 1 is 0.968 bits per heavy atom. The Morgan fingerprint density at radius 3 is 2.35 bits per heavy atom. The van der Waals surface area contributed by atoms with Crippen LogP contribution in [0.15, 0.2) is 36.4 Å². The Kier molecular flexibility index (Phi) is 9.95. The first-order chi connectivity index (χ1) is 14.9. The molecule has 168 valence electrons. The number of methoxy groups -OCH3 is 2. The van der Waals surface area contributed by atoms with E-state index in [4.69, 9.17) is 37.4 Å². The van der Waals surface area contributed by atoms with E-state index in [1.54, 1.807) is 44.2 Å². The van der Waals surface area contributed by atoms with Gasteiger partial charge in [0.2, 0.25) is 5.91 Å². The molecule has 2 aromatic carbocycles.